The Labute approximate surface area is 389 Å². The average molecular weight is 937 g/mol. The number of halogens is 1. The minimum atomic E-state index is -1.46. The molecule has 0 aliphatic carbocycles. The maximum Gasteiger partial charge on any atom is 0.264 e. The Balaban J connectivity index is 0.719. The van der Waals surface area contributed by atoms with Gasteiger partial charge < -0.3 is 29.6 Å². The molecule has 3 aromatic carbocycles. The van der Waals surface area contributed by atoms with Crippen LogP contribution in [-0.2, 0) is 28.6 Å². The molecule has 5 amide bonds. The second kappa shape index (κ2) is 20.1. The van der Waals surface area contributed by atoms with Gasteiger partial charge in [-0.1, -0.05) is 29.8 Å². The van der Waals surface area contributed by atoms with Crippen LogP contribution in [0.4, 0.5) is 11.4 Å². The molecule has 0 unspecified atom stereocenters. The normalized spacial score (nSPS) is 17.7. The highest BCUT2D eigenvalue weighted by Crippen LogP contribution is 2.40. The first-order valence-corrected chi connectivity index (χ1v) is 22.8. The van der Waals surface area contributed by atoms with Crippen molar-refractivity contribution in [3.63, 3.8) is 0 Å². The molecule has 2 atom stereocenters. The molecule has 344 valence electrons. The first-order chi connectivity index (χ1) is 31.8. The fraction of sp³-hybridized carbons (Fsp3) is 0.362. The number of hydrogen-bond donors (Lipinski definition) is 3. The number of nitrogens with zero attached hydrogens (tertiary/aromatic N) is 5. The molecule has 66 heavy (non-hydrogen) atoms. The van der Waals surface area contributed by atoms with Gasteiger partial charge in [-0.05, 0) is 88.2 Å². The highest BCUT2D eigenvalue weighted by molar-refractivity contribution is 7.15. The molecule has 0 spiro atoms. The molecule has 0 bridgehead atoms. The van der Waals surface area contributed by atoms with E-state index in [0.717, 1.165) is 38.1 Å². The third-order valence-corrected chi connectivity index (χ3v) is 13.1. The number of anilines is 2. The van der Waals surface area contributed by atoms with E-state index in [9.17, 15) is 24.0 Å². The maximum atomic E-state index is 13.5. The second-order valence-electron chi connectivity index (χ2n) is 16.1. The monoisotopic (exact) mass is 936 g/mol. The molecule has 8 rings (SSSR count). The van der Waals surface area contributed by atoms with Crippen molar-refractivity contribution in [3.8, 4) is 10.8 Å². The number of aryl methyl sites for hydroxylation is 2. The summed E-state index contributed by atoms with van der Waals surface area (Å²) in [7, 11) is 0. The Kier molecular flexibility index (Phi) is 14.0. The lowest BCUT2D eigenvalue weighted by molar-refractivity contribution is -0.141. The molecule has 2 aromatic heterocycles. The summed E-state index contributed by atoms with van der Waals surface area (Å²) in [6, 6.07) is 19.0. The minimum absolute atomic E-state index is 0.0327. The molecule has 1 fully saturated rings. The van der Waals surface area contributed by atoms with Crippen molar-refractivity contribution < 1.29 is 42.9 Å². The molecule has 5 aromatic rings. The Bertz CT molecular complexity index is 2700. The van der Waals surface area contributed by atoms with Crippen LogP contribution in [0.15, 0.2) is 71.7 Å². The van der Waals surface area contributed by atoms with Gasteiger partial charge in [-0.3, -0.25) is 43.7 Å². The molecule has 3 N–H and O–H groups in total. The van der Waals surface area contributed by atoms with Gasteiger partial charge >= 0.3 is 0 Å². The van der Waals surface area contributed by atoms with E-state index in [-0.39, 0.29) is 36.3 Å². The number of nitrogens with one attached hydrogen (secondary N) is 3. The number of ether oxygens (including phenoxy) is 4. The van der Waals surface area contributed by atoms with Gasteiger partial charge in [0.1, 0.15) is 34.8 Å². The lowest BCUT2D eigenvalue weighted by Gasteiger charge is -2.38. The first kappa shape index (κ1) is 46.2. The van der Waals surface area contributed by atoms with Gasteiger partial charge in [0.25, 0.3) is 17.7 Å². The van der Waals surface area contributed by atoms with Crippen LogP contribution in [0.3, 0.4) is 0 Å². The number of rotatable bonds is 19. The van der Waals surface area contributed by atoms with Gasteiger partial charge in [-0.15, -0.1) is 21.5 Å². The largest absolute Gasteiger partial charge is 0.491 e. The van der Waals surface area contributed by atoms with Gasteiger partial charge in [0.2, 0.25) is 11.8 Å². The Morgan fingerprint density at radius 1 is 0.864 bits per heavy atom. The number of carbonyl (C=O) groups is 5. The van der Waals surface area contributed by atoms with E-state index in [1.165, 1.54) is 11.8 Å². The fourth-order valence-corrected chi connectivity index (χ4v) is 9.40. The predicted molar refractivity (Wildman–Crippen MR) is 247 cm³/mol. The summed E-state index contributed by atoms with van der Waals surface area (Å²) in [6.07, 6.45) is 0.139. The van der Waals surface area contributed by atoms with Crippen LogP contribution in [0.1, 0.15) is 86.2 Å². The molecular formula is C47H49ClN8O9S. The van der Waals surface area contributed by atoms with Crippen LogP contribution in [-0.4, -0.2) is 113 Å². The zero-order chi connectivity index (χ0) is 46.5. The molecule has 3 aliphatic rings. The van der Waals surface area contributed by atoms with Crippen LogP contribution in [0.25, 0.3) is 5.00 Å². The van der Waals surface area contributed by atoms with E-state index in [1.54, 1.807) is 53.8 Å². The van der Waals surface area contributed by atoms with Crippen LogP contribution >= 0.6 is 22.9 Å². The van der Waals surface area contributed by atoms with E-state index < -0.39 is 35.2 Å². The van der Waals surface area contributed by atoms with Crippen molar-refractivity contribution in [1.82, 2.24) is 25.0 Å². The summed E-state index contributed by atoms with van der Waals surface area (Å²) in [4.78, 5) is 71.9. The van der Waals surface area contributed by atoms with Gasteiger partial charge in [-0.25, -0.2) is 0 Å². The average Bonchev–Trinajstić information content (AvgIpc) is 3.88. The highest BCUT2D eigenvalue weighted by atomic mass is 35.5. The molecule has 17 nitrogen and oxygen atoms in total. The molecule has 3 aliphatic heterocycles. The standard InChI is InChI=1S/C47H49ClN8O9S/c1-27-28(2)66-45-39(27)41(30-8-10-31(48)11-9-30)51-36(42-54-53-29(3)55(42)45)26-38(58)50-32-12-14-33(15-13-32)65-25-24-64-23-22-63-21-20-62-19-18-49-35-7-5-6-34-40(35)44(60)56(43(34)59)47(4)17-16-37(57)52-46(47)61/h5-15,36,49H,16-26H2,1-4H3,(H,50,58)(H,52,57,61)/t36-,47-/m0/s1. The topological polar surface area (TPSA) is 205 Å². The third kappa shape index (κ3) is 9.64. The summed E-state index contributed by atoms with van der Waals surface area (Å²) in [5.41, 5.74) is 3.80. The number of aromatic nitrogens is 3. The van der Waals surface area contributed by atoms with Gasteiger partial charge in [0, 0.05) is 45.4 Å². The Hall–Kier alpha value is -6.31. The van der Waals surface area contributed by atoms with Crippen molar-refractivity contribution in [3.05, 3.63) is 116 Å². The number of benzene rings is 3. The predicted octanol–water partition coefficient (Wildman–Crippen LogP) is 6.16. The van der Waals surface area contributed by atoms with Crippen molar-refractivity contribution >= 4 is 69.6 Å². The number of fused-ring (bicyclic) bond motifs is 4. The number of aliphatic imine (C=N–C) groups is 1. The summed E-state index contributed by atoms with van der Waals surface area (Å²) in [5, 5.41) is 18.9. The zero-order valence-electron chi connectivity index (χ0n) is 36.9. The van der Waals surface area contributed by atoms with Gasteiger partial charge in [-0.2, -0.15) is 0 Å². The van der Waals surface area contributed by atoms with E-state index >= 15 is 0 Å². The molecule has 19 heteroatoms. The Morgan fingerprint density at radius 3 is 2.27 bits per heavy atom. The van der Waals surface area contributed by atoms with Crippen molar-refractivity contribution in [2.24, 2.45) is 4.99 Å². The maximum absolute atomic E-state index is 13.5. The first-order valence-electron chi connectivity index (χ1n) is 21.6. The summed E-state index contributed by atoms with van der Waals surface area (Å²) in [5.74, 6) is -0.525. The molecule has 5 heterocycles. The number of imide groups is 2. The lowest BCUT2D eigenvalue weighted by atomic mass is 9.89. The summed E-state index contributed by atoms with van der Waals surface area (Å²) in [6.45, 7) is 10.3. The van der Waals surface area contributed by atoms with Gasteiger partial charge in [0.05, 0.1) is 62.9 Å². The smallest absolute Gasteiger partial charge is 0.264 e. The van der Waals surface area contributed by atoms with Crippen molar-refractivity contribution in [1.29, 1.82) is 0 Å². The van der Waals surface area contributed by atoms with Crippen LogP contribution in [0, 0.1) is 20.8 Å². The molecule has 1 saturated heterocycles. The number of piperidine rings is 1. The highest BCUT2D eigenvalue weighted by Gasteiger charge is 2.53. The Morgan fingerprint density at radius 2 is 1.56 bits per heavy atom. The zero-order valence-corrected chi connectivity index (χ0v) is 38.5. The SMILES string of the molecule is Cc1sc2c(c1C)C(c1ccc(Cl)cc1)=N[C@@H](CC(=O)Nc1ccc(OCCOCCOCCOCCNc3cccc4c3C(=O)N([C@@]3(C)CCC(=O)NC3=O)C4=O)cc1)c1nnc(C)n1-2. The van der Waals surface area contributed by atoms with Crippen molar-refractivity contribution in [2.45, 2.75) is 58.5 Å². The van der Waals surface area contributed by atoms with Gasteiger partial charge in [0.15, 0.2) is 5.82 Å². The van der Waals surface area contributed by atoms with Crippen LogP contribution < -0.4 is 20.7 Å². The summed E-state index contributed by atoms with van der Waals surface area (Å²) >= 11 is 7.90. The van der Waals surface area contributed by atoms with Crippen LogP contribution in [0.5, 0.6) is 5.75 Å². The third-order valence-electron chi connectivity index (χ3n) is 11.7. The lowest BCUT2D eigenvalue weighted by Crippen LogP contribution is -2.62. The number of carbonyl (C=O) groups excluding carboxylic acids is 5. The minimum Gasteiger partial charge on any atom is -0.491 e. The van der Waals surface area contributed by atoms with Crippen LogP contribution in [0.2, 0.25) is 5.02 Å². The van der Waals surface area contributed by atoms with Crippen molar-refractivity contribution in [2.75, 3.05) is 63.4 Å². The van der Waals surface area contributed by atoms with E-state index in [0.29, 0.717) is 80.8 Å². The number of amides is 5. The van der Waals surface area contributed by atoms with E-state index in [2.05, 4.69) is 40.0 Å². The van der Waals surface area contributed by atoms with E-state index in [1.807, 2.05) is 35.8 Å². The molecular weight excluding hydrogens is 888 g/mol. The fourth-order valence-electron chi connectivity index (χ4n) is 8.06. The molecule has 0 saturated carbocycles. The molecule has 0 radical (unpaired) electrons. The number of hydrogen-bond acceptors (Lipinski definition) is 14. The second-order valence-corrected chi connectivity index (χ2v) is 17.8. The summed E-state index contributed by atoms with van der Waals surface area (Å²) < 4.78 is 24.8. The number of thiophene rings is 1. The quantitative estimate of drug-likeness (QED) is 0.0630. The van der Waals surface area contributed by atoms with E-state index in [4.69, 9.17) is 35.5 Å².